The highest BCUT2D eigenvalue weighted by atomic mass is 79.9. The van der Waals surface area contributed by atoms with Crippen LogP contribution < -0.4 is 5.32 Å². The van der Waals surface area contributed by atoms with Crippen molar-refractivity contribution in [3.8, 4) is 0 Å². The van der Waals surface area contributed by atoms with Gasteiger partial charge in [0.1, 0.15) is 0 Å². The largest absolute Gasteiger partial charge is 0.310 e. The molecule has 0 spiro atoms. The standard InChI is InChI=1S/C12H17BrN2S/c13-11-4-6-16-12(11)8-15-5-3-9-1-2-10(7-15)14-9/h4,6,9-10,14H,1-3,5,7-8H2. The monoisotopic (exact) mass is 300 g/mol. The van der Waals surface area contributed by atoms with E-state index in [1.54, 1.807) is 0 Å². The molecule has 0 radical (unpaired) electrons. The third kappa shape index (κ3) is 2.35. The number of halogens is 1. The summed E-state index contributed by atoms with van der Waals surface area (Å²) in [6.45, 7) is 3.59. The fraction of sp³-hybridized carbons (Fsp3) is 0.667. The first-order chi connectivity index (χ1) is 7.81. The van der Waals surface area contributed by atoms with Gasteiger partial charge in [0.05, 0.1) is 0 Å². The van der Waals surface area contributed by atoms with E-state index in [2.05, 4.69) is 37.6 Å². The van der Waals surface area contributed by atoms with Gasteiger partial charge in [-0.25, -0.2) is 0 Å². The summed E-state index contributed by atoms with van der Waals surface area (Å²) in [6.07, 6.45) is 4.08. The molecule has 2 fully saturated rings. The fourth-order valence-corrected chi connectivity index (χ4v) is 4.32. The van der Waals surface area contributed by atoms with Crippen molar-refractivity contribution in [2.45, 2.75) is 37.9 Å². The molecule has 3 heterocycles. The molecular formula is C12H17BrN2S. The lowest BCUT2D eigenvalue weighted by atomic mass is 10.1. The van der Waals surface area contributed by atoms with Crippen LogP contribution in [0.2, 0.25) is 0 Å². The van der Waals surface area contributed by atoms with E-state index in [0.717, 1.165) is 18.6 Å². The average molecular weight is 301 g/mol. The van der Waals surface area contributed by atoms with Crippen molar-refractivity contribution in [3.05, 3.63) is 20.8 Å². The van der Waals surface area contributed by atoms with Crippen molar-refractivity contribution in [1.29, 1.82) is 0 Å². The Labute approximate surface area is 109 Å². The lowest BCUT2D eigenvalue weighted by Crippen LogP contribution is -2.34. The maximum absolute atomic E-state index is 3.73. The Kier molecular flexibility index (Phi) is 3.34. The summed E-state index contributed by atoms with van der Waals surface area (Å²) < 4.78 is 1.28. The molecule has 3 rings (SSSR count). The van der Waals surface area contributed by atoms with E-state index in [0.29, 0.717) is 0 Å². The van der Waals surface area contributed by atoms with E-state index in [4.69, 9.17) is 0 Å². The van der Waals surface area contributed by atoms with Gasteiger partial charge in [-0.05, 0) is 46.6 Å². The van der Waals surface area contributed by atoms with Crippen LogP contribution in [0, 0.1) is 0 Å². The van der Waals surface area contributed by atoms with Crippen molar-refractivity contribution in [2.24, 2.45) is 0 Å². The van der Waals surface area contributed by atoms with Crippen molar-refractivity contribution in [2.75, 3.05) is 13.1 Å². The Hall–Kier alpha value is 0.1000. The number of fused-ring (bicyclic) bond motifs is 2. The maximum Gasteiger partial charge on any atom is 0.0339 e. The van der Waals surface area contributed by atoms with Crippen molar-refractivity contribution in [3.63, 3.8) is 0 Å². The summed E-state index contributed by atoms with van der Waals surface area (Å²) in [7, 11) is 0. The van der Waals surface area contributed by atoms with Crippen LogP contribution in [0.5, 0.6) is 0 Å². The number of thiophene rings is 1. The number of likely N-dealkylation sites (tertiary alicyclic amines) is 1. The summed E-state index contributed by atoms with van der Waals surface area (Å²) in [5.41, 5.74) is 0. The molecule has 2 aliphatic heterocycles. The summed E-state index contributed by atoms with van der Waals surface area (Å²) in [4.78, 5) is 4.07. The van der Waals surface area contributed by atoms with Gasteiger partial charge in [0.15, 0.2) is 0 Å². The van der Waals surface area contributed by atoms with E-state index in [-0.39, 0.29) is 0 Å². The van der Waals surface area contributed by atoms with Crippen LogP contribution >= 0.6 is 27.3 Å². The van der Waals surface area contributed by atoms with E-state index in [9.17, 15) is 0 Å². The minimum atomic E-state index is 0.742. The highest BCUT2D eigenvalue weighted by Crippen LogP contribution is 2.26. The summed E-state index contributed by atoms with van der Waals surface area (Å²) >= 11 is 5.48. The minimum absolute atomic E-state index is 0.742. The fourth-order valence-electron chi connectivity index (χ4n) is 2.80. The maximum atomic E-state index is 3.73. The molecule has 2 unspecified atom stereocenters. The van der Waals surface area contributed by atoms with Crippen LogP contribution in [0.4, 0.5) is 0 Å². The minimum Gasteiger partial charge on any atom is -0.310 e. The van der Waals surface area contributed by atoms with E-state index >= 15 is 0 Å². The number of rotatable bonds is 2. The van der Waals surface area contributed by atoms with Crippen molar-refractivity contribution in [1.82, 2.24) is 10.2 Å². The van der Waals surface area contributed by atoms with Gasteiger partial charge >= 0.3 is 0 Å². The zero-order valence-electron chi connectivity index (χ0n) is 9.29. The Morgan fingerprint density at radius 3 is 3.06 bits per heavy atom. The zero-order valence-corrected chi connectivity index (χ0v) is 11.7. The third-order valence-corrected chi connectivity index (χ3v) is 5.58. The van der Waals surface area contributed by atoms with Gasteiger partial charge in [-0.1, -0.05) is 0 Å². The second kappa shape index (κ2) is 4.77. The van der Waals surface area contributed by atoms with Crippen molar-refractivity contribution >= 4 is 27.3 Å². The Morgan fingerprint density at radius 2 is 2.25 bits per heavy atom. The van der Waals surface area contributed by atoms with Gasteiger partial charge < -0.3 is 5.32 Å². The Bertz CT molecular complexity index is 366. The van der Waals surface area contributed by atoms with Crippen molar-refractivity contribution < 1.29 is 0 Å². The molecule has 2 nitrogen and oxygen atoms in total. The third-order valence-electron chi connectivity index (χ3n) is 3.67. The number of nitrogens with one attached hydrogen (secondary N) is 1. The lowest BCUT2D eigenvalue weighted by Gasteiger charge is -2.23. The van der Waals surface area contributed by atoms with Crippen LogP contribution in [-0.2, 0) is 6.54 Å². The number of nitrogens with zero attached hydrogens (tertiary/aromatic N) is 1. The van der Waals surface area contributed by atoms with Gasteiger partial charge in [0.2, 0.25) is 0 Å². The smallest absolute Gasteiger partial charge is 0.0339 e. The van der Waals surface area contributed by atoms with Gasteiger partial charge in [-0.3, -0.25) is 4.90 Å². The molecule has 0 amide bonds. The molecule has 1 aromatic heterocycles. The first-order valence-electron chi connectivity index (χ1n) is 6.01. The molecule has 0 saturated carbocycles. The molecular weight excluding hydrogens is 284 g/mol. The quantitative estimate of drug-likeness (QED) is 0.903. The summed E-state index contributed by atoms with van der Waals surface area (Å²) in [5.74, 6) is 0. The average Bonchev–Trinajstić information content (AvgIpc) is 2.78. The predicted octanol–water partition coefficient (Wildman–Crippen LogP) is 2.84. The lowest BCUT2D eigenvalue weighted by molar-refractivity contribution is 0.252. The van der Waals surface area contributed by atoms with Gasteiger partial charge in [0, 0.05) is 41.1 Å². The molecule has 2 saturated heterocycles. The van der Waals surface area contributed by atoms with Gasteiger partial charge in [0.25, 0.3) is 0 Å². The molecule has 2 bridgehead atoms. The second-order valence-corrected chi connectivity index (χ2v) is 6.71. The van der Waals surface area contributed by atoms with Gasteiger partial charge in [-0.2, -0.15) is 0 Å². The summed E-state index contributed by atoms with van der Waals surface area (Å²) in [6, 6.07) is 3.69. The molecule has 88 valence electrons. The molecule has 1 aromatic rings. The molecule has 16 heavy (non-hydrogen) atoms. The topological polar surface area (TPSA) is 15.3 Å². The SMILES string of the molecule is Brc1ccsc1CN1CCC2CCC(C1)N2. The number of hydrogen-bond acceptors (Lipinski definition) is 3. The zero-order chi connectivity index (χ0) is 11.0. The predicted molar refractivity (Wildman–Crippen MR) is 71.9 cm³/mol. The van der Waals surface area contributed by atoms with Crippen LogP contribution in [0.3, 0.4) is 0 Å². The van der Waals surface area contributed by atoms with E-state index in [1.807, 2.05) is 11.3 Å². The first-order valence-corrected chi connectivity index (χ1v) is 7.69. The Morgan fingerprint density at radius 1 is 1.38 bits per heavy atom. The highest BCUT2D eigenvalue weighted by molar-refractivity contribution is 9.10. The van der Waals surface area contributed by atoms with Crippen LogP contribution in [0.25, 0.3) is 0 Å². The van der Waals surface area contributed by atoms with E-state index in [1.165, 1.54) is 41.7 Å². The van der Waals surface area contributed by atoms with Crippen LogP contribution in [0.15, 0.2) is 15.9 Å². The van der Waals surface area contributed by atoms with Gasteiger partial charge in [-0.15, -0.1) is 11.3 Å². The van der Waals surface area contributed by atoms with E-state index < -0.39 is 0 Å². The molecule has 2 atom stereocenters. The summed E-state index contributed by atoms with van der Waals surface area (Å²) in [5, 5.41) is 5.90. The first kappa shape index (κ1) is 11.2. The molecule has 1 N–H and O–H groups in total. The Balaban J connectivity index is 1.65. The van der Waals surface area contributed by atoms with Crippen LogP contribution in [-0.4, -0.2) is 30.1 Å². The molecule has 0 aromatic carbocycles. The highest BCUT2D eigenvalue weighted by Gasteiger charge is 2.29. The molecule has 0 aliphatic carbocycles. The normalized spacial score (nSPS) is 30.6. The molecule has 2 aliphatic rings. The molecule has 4 heteroatoms. The second-order valence-electron chi connectivity index (χ2n) is 4.85. The van der Waals surface area contributed by atoms with Crippen LogP contribution in [0.1, 0.15) is 24.1 Å². The number of hydrogen-bond donors (Lipinski definition) is 1.